The molecule has 1 amide bonds. The summed E-state index contributed by atoms with van der Waals surface area (Å²) in [6, 6.07) is 0. The van der Waals surface area contributed by atoms with Crippen molar-refractivity contribution in [3.05, 3.63) is 17.5 Å². The van der Waals surface area contributed by atoms with Crippen molar-refractivity contribution in [2.45, 2.75) is 12.8 Å². The lowest BCUT2D eigenvalue weighted by molar-refractivity contribution is -0.123. The molecule has 1 aromatic rings. The van der Waals surface area contributed by atoms with Crippen LogP contribution >= 0.6 is 11.6 Å². The molecule has 1 atom stereocenters. The summed E-state index contributed by atoms with van der Waals surface area (Å²) >= 11 is 5.66. The number of hydrogen-bond acceptors (Lipinski definition) is 4. The lowest BCUT2D eigenvalue weighted by Gasteiger charge is -2.20. The Bertz CT molecular complexity index is 380. The van der Waals surface area contributed by atoms with Crippen molar-refractivity contribution in [1.29, 1.82) is 0 Å². The smallest absolute Gasteiger partial charge is 0.231 e. The maximum Gasteiger partial charge on any atom is 0.231 e. The molecule has 16 heavy (non-hydrogen) atoms. The third kappa shape index (κ3) is 2.90. The van der Waals surface area contributed by atoms with Gasteiger partial charge in [0.2, 0.25) is 5.91 Å². The highest BCUT2D eigenvalue weighted by Crippen LogP contribution is 2.16. The van der Waals surface area contributed by atoms with Gasteiger partial charge in [-0.05, 0) is 12.8 Å². The lowest BCUT2D eigenvalue weighted by atomic mass is 10.0. The Morgan fingerprint density at radius 1 is 1.56 bits per heavy atom. The van der Waals surface area contributed by atoms with Gasteiger partial charge in [-0.15, -0.1) is 0 Å². The first-order chi connectivity index (χ1) is 7.75. The largest absolute Gasteiger partial charge is 0.381 e. The topological polar surface area (TPSA) is 64.1 Å². The summed E-state index contributed by atoms with van der Waals surface area (Å²) in [4.78, 5) is 19.6. The number of rotatable bonds is 2. The highest BCUT2D eigenvalue weighted by atomic mass is 35.5. The van der Waals surface area contributed by atoms with Crippen molar-refractivity contribution in [2.24, 2.45) is 5.92 Å². The average Bonchev–Trinajstić information content (AvgIpc) is 2.30. The third-order valence-corrected chi connectivity index (χ3v) is 2.57. The average molecular weight is 242 g/mol. The van der Waals surface area contributed by atoms with E-state index >= 15 is 0 Å². The van der Waals surface area contributed by atoms with E-state index in [0.717, 1.165) is 19.4 Å². The van der Waals surface area contributed by atoms with Crippen LogP contribution in [0.1, 0.15) is 12.8 Å². The molecule has 1 aliphatic heterocycles. The van der Waals surface area contributed by atoms with Crippen molar-refractivity contribution in [1.82, 2.24) is 9.97 Å². The molecule has 0 saturated carbocycles. The van der Waals surface area contributed by atoms with Crippen LogP contribution < -0.4 is 5.32 Å². The maximum atomic E-state index is 11.8. The zero-order valence-corrected chi connectivity index (χ0v) is 9.41. The van der Waals surface area contributed by atoms with Crippen molar-refractivity contribution in [3.63, 3.8) is 0 Å². The molecule has 1 aromatic heterocycles. The molecule has 86 valence electrons. The summed E-state index contributed by atoms with van der Waals surface area (Å²) in [5.41, 5.74) is 0. The number of anilines is 1. The fourth-order valence-electron chi connectivity index (χ4n) is 1.58. The van der Waals surface area contributed by atoms with Crippen molar-refractivity contribution >= 4 is 23.3 Å². The Morgan fingerprint density at radius 2 is 2.44 bits per heavy atom. The van der Waals surface area contributed by atoms with Gasteiger partial charge in [-0.2, -0.15) is 0 Å². The first-order valence-corrected chi connectivity index (χ1v) is 5.49. The fourth-order valence-corrected chi connectivity index (χ4v) is 1.73. The minimum Gasteiger partial charge on any atom is -0.381 e. The van der Waals surface area contributed by atoms with Crippen LogP contribution in [0.5, 0.6) is 0 Å². The van der Waals surface area contributed by atoms with Crippen LogP contribution in [-0.4, -0.2) is 29.1 Å². The van der Waals surface area contributed by atoms with Crippen molar-refractivity contribution in [2.75, 3.05) is 18.5 Å². The van der Waals surface area contributed by atoms with Crippen LogP contribution in [0.4, 0.5) is 5.82 Å². The van der Waals surface area contributed by atoms with Gasteiger partial charge in [0, 0.05) is 6.61 Å². The van der Waals surface area contributed by atoms with Gasteiger partial charge in [0.15, 0.2) is 5.82 Å². The minimum absolute atomic E-state index is 0.0868. The van der Waals surface area contributed by atoms with Gasteiger partial charge >= 0.3 is 0 Å². The normalized spacial score (nSPS) is 20.4. The van der Waals surface area contributed by atoms with Crippen LogP contribution in [0.25, 0.3) is 0 Å². The summed E-state index contributed by atoms with van der Waals surface area (Å²) in [6.45, 7) is 1.21. The second-order valence-corrected chi connectivity index (χ2v) is 4.02. The molecule has 0 spiro atoms. The Labute approximate surface area is 98.2 Å². The van der Waals surface area contributed by atoms with Gasteiger partial charge in [0.25, 0.3) is 0 Å². The van der Waals surface area contributed by atoms with E-state index in [2.05, 4.69) is 15.3 Å². The molecular weight excluding hydrogens is 230 g/mol. The summed E-state index contributed by atoms with van der Waals surface area (Å²) in [5.74, 6) is 0.189. The van der Waals surface area contributed by atoms with E-state index in [1.807, 2.05) is 0 Å². The Kier molecular flexibility index (Phi) is 3.69. The zero-order chi connectivity index (χ0) is 11.4. The predicted octanol–water partition coefficient (Wildman–Crippen LogP) is 1.50. The number of halogens is 1. The lowest BCUT2D eigenvalue weighted by Crippen LogP contribution is -2.30. The second-order valence-electron chi connectivity index (χ2n) is 3.63. The highest BCUT2D eigenvalue weighted by molar-refractivity contribution is 6.29. The monoisotopic (exact) mass is 241 g/mol. The maximum absolute atomic E-state index is 11.8. The van der Waals surface area contributed by atoms with Gasteiger partial charge in [0.1, 0.15) is 5.15 Å². The van der Waals surface area contributed by atoms with Crippen LogP contribution in [0.15, 0.2) is 12.4 Å². The molecule has 1 aliphatic rings. The number of nitrogens with one attached hydrogen (secondary N) is 1. The number of aromatic nitrogens is 2. The Hall–Kier alpha value is -1.20. The fraction of sp³-hybridized carbons (Fsp3) is 0.500. The summed E-state index contributed by atoms with van der Waals surface area (Å²) in [7, 11) is 0. The van der Waals surface area contributed by atoms with Crippen molar-refractivity contribution < 1.29 is 9.53 Å². The SMILES string of the molecule is O=C(Nc1cncc(Cl)n1)C1CCCOC1. The molecule has 0 bridgehead atoms. The molecule has 1 saturated heterocycles. The number of nitrogens with zero attached hydrogens (tertiary/aromatic N) is 2. The summed E-state index contributed by atoms with van der Waals surface area (Å²) < 4.78 is 5.24. The van der Waals surface area contributed by atoms with Crippen LogP contribution in [0, 0.1) is 5.92 Å². The van der Waals surface area contributed by atoms with Crippen LogP contribution in [-0.2, 0) is 9.53 Å². The molecule has 6 heteroatoms. The van der Waals surface area contributed by atoms with E-state index in [9.17, 15) is 4.79 Å². The number of carbonyl (C=O) groups is 1. The molecule has 1 N–H and O–H groups in total. The van der Waals surface area contributed by atoms with E-state index in [1.54, 1.807) is 0 Å². The van der Waals surface area contributed by atoms with E-state index in [1.165, 1.54) is 12.4 Å². The molecule has 0 aliphatic carbocycles. The van der Waals surface area contributed by atoms with Gasteiger partial charge in [-0.3, -0.25) is 9.78 Å². The Morgan fingerprint density at radius 3 is 3.12 bits per heavy atom. The van der Waals surface area contributed by atoms with E-state index in [-0.39, 0.29) is 17.0 Å². The molecule has 2 rings (SSSR count). The summed E-state index contributed by atoms with van der Waals surface area (Å²) in [5, 5.41) is 2.94. The molecule has 0 aromatic carbocycles. The van der Waals surface area contributed by atoms with Crippen LogP contribution in [0.3, 0.4) is 0 Å². The quantitative estimate of drug-likeness (QED) is 0.852. The Balaban J connectivity index is 1.96. The predicted molar refractivity (Wildman–Crippen MR) is 59.2 cm³/mol. The molecule has 1 fully saturated rings. The van der Waals surface area contributed by atoms with Crippen molar-refractivity contribution in [3.8, 4) is 0 Å². The standard InChI is InChI=1S/C10H12ClN3O2/c11-8-4-12-5-9(13-8)14-10(15)7-2-1-3-16-6-7/h4-5,7H,1-3,6H2,(H,13,14,15). The van der Waals surface area contributed by atoms with Crippen LogP contribution in [0.2, 0.25) is 5.15 Å². The molecular formula is C10H12ClN3O2. The molecule has 0 radical (unpaired) electrons. The second kappa shape index (κ2) is 5.23. The molecule has 2 heterocycles. The third-order valence-electron chi connectivity index (χ3n) is 2.39. The van der Waals surface area contributed by atoms with Gasteiger partial charge in [-0.1, -0.05) is 11.6 Å². The number of hydrogen-bond donors (Lipinski definition) is 1. The first kappa shape index (κ1) is 11.3. The van der Waals surface area contributed by atoms with E-state index in [4.69, 9.17) is 16.3 Å². The first-order valence-electron chi connectivity index (χ1n) is 5.12. The molecule has 5 nitrogen and oxygen atoms in total. The minimum atomic E-state index is -0.102. The zero-order valence-electron chi connectivity index (χ0n) is 8.65. The number of ether oxygens (including phenoxy) is 1. The van der Waals surface area contributed by atoms with E-state index < -0.39 is 0 Å². The van der Waals surface area contributed by atoms with Gasteiger partial charge in [-0.25, -0.2) is 4.98 Å². The number of amides is 1. The number of carbonyl (C=O) groups excluding carboxylic acids is 1. The summed E-state index contributed by atoms with van der Waals surface area (Å²) in [6.07, 6.45) is 4.65. The molecule has 1 unspecified atom stereocenters. The van der Waals surface area contributed by atoms with Gasteiger partial charge in [0.05, 0.1) is 24.9 Å². The van der Waals surface area contributed by atoms with Gasteiger partial charge < -0.3 is 10.1 Å². The van der Waals surface area contributed by atoms with E-state index in [0.29, 0.717) is 12.4 Å². The highest BCUT2D eigenvalue weighted by Gasteiger charge is 2.22.